The first-order valence-electron chi connectivity index (χ1n) is 6.20. The van der Waals surface area contributed by atoms with Gasteiger partial charge in [-0.05, 0) is 37.1 Å². The van der Waals surface area contributed by atoms with Crippen molar-refractivity contribution in [2.24, 2.45) is 0 Å². The van der Waals surface area contributed by atoms with Crippen LogP contribution in [-0.4, -0.2) is 12.1 Å². The summed E-state index contributed by atoms with van der Waals surface area (Å²) < 4.78 is 43.7. The zero-order chi connectivity index (χ0) is 15.8. The Kier molecular flexibility index (Phi) is 3.80. The fraction of sp³-hybridized carbons (Fsp3) is 0.267. The third kappa shape index (κ3) is 2.94. The van der Waals surface area contributed by atoms with Crippen LogP contribution in [0.5, 0.6) is 5.75 Å². The first-order chi connectivity index (χ1) is 9.74. The monoisotopic (exact) mass is 297 g/mol. The Labute approximate surface area is 119 Å². The minimum absolute atomic E-state index is 0.0785. The number of rotatable bonds is 2. The molecule has 0 aliphatic carbocycles. The molecule has 0 bridgehead atoms. The van der Waals surface area contributed by atoms with Gasteiger partial charge >= 0.3 is 6.18 Å². The zero-order valence-electron chi connectivity index (χ0n) is 11.8. The summed E-state index contributed by atoms with van der Waals surface area (Å²) in [6.07, 6.45) is -4.57. The molecule has 0 spiro atoms. The predicted octanol–water partition coefficient (Wildman–Crippen LogP) is 3.69. The van der Waals surface area contributed by atoms with Crippen molar-refractivity contribution < 1.29 is 17.9 Å². The van der Waals surface area contributed by atoms with Crippen molar-refractivity contribution >= 4 is 0 Å². The minimum atomic E-state index is -4.57. The molecule has 1 aromatic heterocycles. The maximum Gasteiger partial charge on any atom is 0.416 e. The second kappa shape index (κ2) is 5.27. The van der Waals surface area contributed by atoms with Gasteiger partial charge in [0, 0.05) is 11.6 Å². The van der Waals surface area contributed by atoms with Gasteiger partial charge in [-0.15, -0.1) is 0 Å². The standard InChI is InChI=1S/C15H14F3NO2/c1-8-4-5-11(14(21-3)9(8)2)12-6-10(15(16,17)18)7-13(20)19-12/h4-7H,1-3H3,(H,19,20). The Balaban J connectivity index is 2.71. The number of aromatic amines is 1. The summed E-state index contributed by atoms with van der Waals surface area (Å²) in [4.78, 5) is 13.9. The molecule has 0 atom stereocenters. The van der Waals surface area contributed by atoms with Crippen molar-refractivity contribution in [3.63, 3.8) is 0 Å². The van der Waals surface area contributed by atoms with Gasteiger partial charge in [-0.25, -0.2) is 0 Å². The molecule has 3 nitrogen and oxygen atoms in total. The average molecular weight is 297 g/mol. The first-order valence-corrected chi connectivity index (χ1v) is 6.20. The Bertz CT molecular complexity index is 733. The number of hydrogen-bond donors (Lipinski definition) is 1. The lowest BCUT2D eigenvalue weighted by Crippen LogP contribution is -2.14. The van der Waals surface area contributed by atoms with Crippen LogP contribution in [-0.2, 0) is 6.18 Å². The number of nitrogens with one attached hydrogen (secondary N) is 1. The number of halogens is 3. The number of alkyl halides is 3. The van der Waals surface area contributed by atoms with Gasteiger partial charge in [0.2, 0.25) is 5.56 Å². The van der Waals surface area contributed by atoms with E-state index >= 15 is 0 Å². The molecule has 0 amide bonds. The van der Waals surface area contributed by atoms with Crippen LogP contribution in [0, 0.1) is 13.8 Å². The molecule has 0 unspecified atom stereocenters. The summed E-state index contributed by atoms with van der Waals surface area (Å²) in [7, 11) is 1.44. The summed E-state index contributed by atoms with van der Waals surface area (Å²) in [6.45, 7) is 3.68. The van der Waals surface area contributed by atoms with Gasteiger partial charge in [0.1, 0.15) is 5.75 Å². The van der Waals surface area contributed by atoms with Gasteiger partial charge in [0.15, 0.2) is 0 Å². The Morgan fingerprint density at radius 1 is 1.14 bits per heavy atom. The van der Waals surface area contributed by atoms with Gasteiger partial charge in [0.25, 0.3) is 0 Å². The minimum Gasteiger partial charge on any atom is -0.496 e. The molecule has 0 aliphatic heterocycles. The first kappa shape index (κ1) is 15.2. The van der Waals surface area contributed by atoms with Crippen LogP contribution in [0.15, 0.2) is 29.1 Å². The normalized spacial score (nSPS) is 11.5. The van der Waals surface area contributed by atoms with Crippen molar-refractivity contribution in [1.82, 2.24) is 4.98 Å². The number of aromatic nitrogens is 1. The second-order valence-electron chi connectivity index (χ2n) is 4.73. The molecular weight excluding hydrogens is 283 g/mol. The molecule has 21 heavy (non-hydrogen) atoms. The molecule has 1 heterocycles. The Morgan fingerprint density at radius 3 is 2.38 bits per heavy atom. The van der Waals surface area contributed by atoms with E-state index in [0.717, 1.165) is 17.2 Å². The van der Waals surface area contributed by atoms with E-state index in [1.165, 1.54) is 7.11 Å². The molecule has 2 aromatic rings. The van der Waals surface area contributed by atoms with Crippen molar-refractivity contribution in [2.45, 2.75) is 20.0 Å². The van der Waals surface area contributed by atoms with Gasteiger partial charge in [-0.3, -0.25) is 4.79 Å². The third-order valence-electron chi connectivity index (χ3n) is 3.34. The average Bonchev–Trinajstić information content (AvgIpc) is 2.40. The summed E-state index contributed by atoms with van der Waals surface area (Å²) in [5.41, 5.74) is 0.471. The molecule has 112 valence electrons. The van der Waals surface area contributed by atoms with Gasteiger partial charge in [0.05, 0.1) is 18.4 Å². The molecule has 2 rings (SSSR count). The van der Waals surface area contributed by atoms with Crippen LogP contribution in [0.4, 0.5) is 13.2 Å². The van der Waals surface area contributed by atoms with E-state index in [2.05, 4.69) is 4.98 Å². The van der Waals surface area contributed by atoms with E-state index < -0.39 is 17.3 Å². The highest BCUT2D eigenvalue weighted by atomic mass is 19.4. The fourth-order valence-corrected chi connectivity index (χ4v) is 2.12. The van der Waals surface area contributed by atoms with Crippen molar-refractivity contribution in [3.8, 4) is 17.0 Å². The molecule has 0 saturated heterocycles. The number of methoxy groups -OCH3 is 1. The number of aryl methyl sites for hydroxylation is 1. The van der Waals surface area contributed by atoms with E-state index in [-0.39, 0.29) is 5.69 Å². The highest BCUT2D eigenvalue weighted by Crippen LogP contribution is 2.35. The third-order valence-corrected chi connectivity index (χ3v) is 3.34. The van der Waals surface area contributed by atoms with Crippen molar-refractivity contribution in [3.05, 3.63) is 51.3 Å². The lowest BCUT2D eigenvalue weighted by Gasteiger charge is -2.14. The Hall–Kier alpha value is -2.24. The van der Waals surface area contributed by atoms with Crippen LogP contribution in [0.1, 0.15) is 16.7 Å². The van der Waals surface area contributed by atoms with E-state index in [1.807, 2.05) is 13.8 Å². The molecule has 0 aliphatic rings. The van der Waals surface area contributed by atoms with Crippen molar-refractivity contribution in [1.29, 1.82) is 0 Å². The van der Waals surface area contributed by atoms with E-state index in [9.17, 15) is 18.0 Å². The summed E-state index contributed by atoms with van der Waals surface area (Å²) in [5.74, 6) is 0.449. The lowest BCUT2D eigenvalue weighted by atomic mass is 10.0. The highest BCUT2D eigenvalue weighted by Gasteiger charge is 2.31. The maximum atomic E-state index is 12.8. The van der Waals surface area contributed by atoms with Gasteiger partial charge in [-0.1, -0.05) is 6.07 Å². The summed E-state index contributed by atoms with van der Waals surface area (Å²) in [6, 6.07) is 4.85. The number of H-pyrrole nitrogens is 1. The molecule has 1 N–H and O–H groups in total. The SMILES string of the molecule is COc1c(-c2cc(C(F)(F)F)cc(=O)[nH]2)ccc(C)c1C. The molecule has 0 fully saturated rings. The Morgan fingerprint density at radius 2 is 1.81 bits per heavy atom. The zero-order valence-corrected chi connectivity index (χ0v) is 11.8. The number of hydrogen-bond acceptors (Lipinski definition) is 2. The molecular formula is C15H14F3NO2. The van der Waals surface area contributed by atoms with Gasteiger partial charge in [-0.2, -0.15) is 13.2 Å². The molecule has 0 radical (unpaired) electrons. The fourth-order valence-electron chi connectivity index (χ4n) is 2.12. The van der Waals surface area contributed by atoms with E-state index in [0.29, 0.717) is 17.4 Å². The van der Waals surface area contributed by atoms with E-state index in [4.69, 9.17) is 4.74 Å². The number of ether oxygens (including phenoxy) is 1. The van der Waals surface area contributed by atoms with Crippen LogP contribution in [0.3, 0.4) is 0 Å². The van der Waals surface area contributed by atoms with Crippen molar-refractivity contribution in [2.75, 3.05) is 7.11 Å². The molecule has 1 aromatic carbocycles. The molecule has 0 saturated carbocycles. The largest absolute Gasteiger partial charge is 0.496 e. The van der Waals surface area contributed by atoms with E-state index in [1.54, 1.807) is 12.1 Å². The smallest absolute Gasteiger partial charge is 0.416 e. The van der Waals surface area contributed by atoms with Crippen LogP contribution in [0.2, 0.25) is 0 Å². The van der Waals surface area contributed by atoms with Crippen LogP contribution < -0.4 is 10.3 Å². The number of benzene rings is 1. The predicted molar refractivity (Wildman–Crippen MR) is 73.5 cm³/mol. The number of pyridine rings is 1. The quantitative estimate of drug-likeness (QED) is 0.918. The summed E-state index contributed by atoms with van der Waals surface area (Å²) in [5, 5.41) is 0. The van der Waals surface area contributed by atoms with Gasteiger partial charge < -0.3 is 9.72 Å². The lowest BCUT2D eigenvalue weighted by molar-refractivity contribution is -0.137. The summed E-state index contributed by atoms with van der Waals surface area (Å²) >= 11 is 0. The second-order valence-corrected chi connectivity index (χ2v) is 4.73. The topological polar surface area (TPSA) is 42.1 Å². The molecule has 6 heteroatoms. The van der Waals surface area contributed by atoms with Crippen LogP contribution in [0.25, 0.3) is 11.3 Å². The highest BCUT2D eigenvalue weighted by molar-refractivity contribution is 5.70. The van der Waals surface area contributed by atoms with Crippen LogP contribution >= 0.6 is 0 Å². The maximum absolute atomic E-state index is 12.8.